The molecule has 5 heterocycles. The molecule has 1 aliphatic rings. The molecule has 0 aliphatic carbocycles. The van der Waals surface area contributed by atoms with Gasteiger partial charge in [-0.3, -0.25) is 19.7 Å². The molecule has 1 saturated heterocycles. The first-order valence-electron chi connectivity index (χ1n) is 19.2. The van der Waals surface area contributed by atoms with E-state index in [1.165, 1.54) is 11.9 Å². The number of aryl methyl sites for hydroxylation is 3. The van der Waals surface area contributed by atoms with Crippen LogP contribution in [0.25, 0.3) is 22.3 Å². The fraction of sp³-hybridized carbons (Fsp3) is 0.341. The van der Waals surface area contributed by atoms with Crippen LogP contribution in [-0.4, -0.2) is 57.2 Å². The van der Waals surface area contributed by atoms with Crippen molar-refractivity contribution in [3.05, 3.63) is 136 Å². The molecule has 0 unspecified atom stereocenters. The average Bonchev–Trinajstić information content (AvgIpc) is 3.64. The van der Waals surface area contributed by atoms with Gasteiger partial charge in [-0.2, -0.15) is 0 Å². The van der Waals surface area contributed by atoms with Crippen LogP contribution in [0.15, 0.2) is 96.5 Å². The Morgan fingerprint density at radius 3 is 2.11 bits per heavy atom. The zero-order valence-corrected chi connectivity index (χ0v) is 33.7. The minimum absolute atomic E-state index is 0.0128. The van der Waals surface area contributed by atoms with Gasteiger partial charge in [0.25, 0.3) is 15.9 Å². The number of carbonyl (C=O) groups is 1. The summed E-state index contributed by atoms with van der Waals surface area (Å²) in [7, 11) is -3.94. The molecule has 0 bridgehead atoms. The third kappa shape index (κ3) is 8.28. The van der Waals surface area contributed by atoms with Crippen LogP contribution in [-0.2, 0) is 22.0 Å². The van der Waals surface area contributed by atoms with Gasteiger partial charge in [0.05, 0.1) is 29.2 Å². The number of piperidine rings is 1. The van der Waals surface area contributed by atoms with Gasteiger partial charge in [-0.15, -0.1) is 0 Å². The quantitative estimate of drug-likeness (QED) is 0.121. The maximum absolute atomic E-state index is 13.8. The summed E-state index contributed by atoms with van der Waals surface area (Å²) < 4.78 is 30.5. The lowest BCUT2D eigenvalue weighted by Crippen LogP contribution is -2.42. The second-order valence-corrected chi connectivity index (χ2v) is 17.5. The highest BCUT2D eigenvalue weighted by atomic mass is 32.2. The number of sulfonamides is 1. The molecule has 2 aromatic carbocycles. The van der Waals surface area contributed by atoms with Crippen molar-refractivity contribution >= 4 is 27.0 Å². The second-order valence-electron chi connectivity index (χ2n) is 15.8. The van der Waals surface area contributed by atoms with Crippen molar-refractivity contribution < 1.29 is 13.2 Å². The normalized spacial score (nSPS) is 16.6. The fourth-order valence-electron chi connectivity index (χ4n) is 7.76. The number of aromatic nitrogens is 5. The van der Waals surface area contributed by atoms with E-state index in [9.17, 15) is 13.2 Å². The first-order valence-corrected chi connectivity index (χ1v) is 20.7. The summed E-state index contributed by atoms with van der Waals surface area (Å²) in [6.07, 6.45) is 7.97. The minimum atomic E-state index is -3.94. The summed E-state index contributed by atoms with van der Waals surface area (Å²) in [6.45, 7) is 13.6. The van der Waals surface area contributed by atoms with Crippen LogP contribution in [0.4, 0.5) is 0 Å². The standard InChI is InChI=1S/C44H50N8O3S/c1-28-10-8-20-45-39(28)36-12-7-13-37(40-29(2)11-9-21-46-40)52(36)23-22-50-56(54,55)38-25-35-41(48-27-49-42(35)51-38)32-14-15-33(30(3)24-32)26-47-43(53)31-16-18-34(19-17-31)44(4,5)6/h8-11,14-21,24-25,27,36-37,50H,7,12-13,22-23,26H2,1-6H3,(H,47,53)(H,48,49,51)/t36-,37+. The van der Waals surface area contributed by atoms with E-state index in [4.69, 9.17) is 9.97 Å². The largest absolute Gasteiger partial charge is 0.348 e. The number of benzene rings is 2. The Kier molecular flexibility index (Phi) is 11.2. The average molecular weight is 771 g/mol. The van der Waals surface area contributed by atoms with Crippen molar-refractivity contribution in [3.8, 4) is 11.3 Å². The molecule has 11 nitrogen and oxygen atoms in total. The van der Waals surface area contributed by atoms with E-state index in [-0.39, 0.29) is 35.0 Å². The monoisotopic (exact) mass is 770 g/mol. The van der Waals surface area contributed by atoms with Crippen LogP contribution in [0.5, 0.6) is 0 Å². The number of H-pyrrole nitrogens is 1. The summed E-state index contributed by atoms with van der Waals surface area (Å²) in [4.78, 5) is 36.8. The van der Waals surface area contributed by atoms with Gasteiger partial charge in [-0.1, -0.05) is 57.2 Å². The maximum atomic E-state index is 13.8. The number of nitrogens with one attached hydrogen (secondary N) is 3. The van der Waals surface area contributed by atoms with Crippen LogP contribution >= 0.6 is 0 Å². The molecule has 1 amide bonds. The molecule has 0 radical (unpaired) electrons. The molecule has 56 heavy (non-hydrogen) atoms. The number of hydrogen-bond donors (Lipinski definition) is 3. The van der Waals surface area contributed by atoms with Crippen LogP contribution in [0.3, 0.4) is 0 Å². The van der Waals surface area contributed by atoms with Crippen molar-refractivity contribution in [2.24, 2.45) is 0 Å². The number of likely N-dealkylation sites (tertiary alicyclic amines) is 1. The highest BCUT2D eigenvalue weighted by Crippen LogP contribution is 2.42. The molecular weight excluding hydrogens is 721 g/mol. The van der Waals surface area contributed by atoms with Crippen LogP contribution < -0.4 is 10.0 Å². The molecule has 4 aromatic heterocycles. The van der Waals surface area contributed by atoms with Gasteiger partial charge in [0, 0.05) is 48.5 Å². The van der Waals surface area contributed by atoms with E-state index in [0.29, 0.717) is 35.4 Å². The van der Waals surface area contributed by atoms with Crippen LogP contribution in [0.1, 0.15) is 102 Å². The summed E-state index contributed by atoms with van der Waals surface area (Å²) in [5, 5.41) is 3.65. The Balaban J connectivity index is 1.06. The fourth-order valence-corrected chi connectivity index (χ4v) is 8.78. The third-order valence-electron chi connectivity index (χ3n) is 10.9. The number of aromatic amines is 1. The van der Waals surface area contributed by atoms with Crippen molar-refractivity contribution in [2.75, 3.05) is 13.1 Å². The number of pyridine rings is 2. The Morgan fingerprint density at radius 1 is 0.839 bits per heavy atom. The SMILES string of the molecule is Cc1cc(-c2ncnc3[nH]c(S(=O)(=O)NCCN4[C@@H](c5ncccc5C)CCC[C@H]4c4ncccc4C)cc23)ccc1CNC(=O)c1ccc(C(C)(C)C)cc1. The van der Waals surface area contributed by atoms with E-state index in [1.807, 2.05) is 73.9 Å². The second kappa shape index (κ2) is 16.0. The molecule has 6 aromatic rings. The lowest BCUT2D eigenvalue weighted by atomic mass is 9.87. The van der Waals surface area contributed by atoms with Crippen LogP contribution in [0, 0.1) is 20.8 Å². The van der Waals surface area contributed by atoms with Gasteiger partial charge in [-0.05, 0) is 110 Å². The molecule has 12 heteroatoms. The van der Waals surface area contributed by atoms with Gasteiger partial charge >= 0.3 is 0 Å². The molecular formula is C44H50N8O3S. The van der Waals surface area contributed by atoms with E-state index in [1.54, 1.807) is 6.07 Å². The van der Waals surface area contributed by atoms with Gasteiger partial charge < -0.3 is 10.3 Å². The zero-order valence-electron chi connectivity index (χ0n) is 32.9. The topological polar surface area (TPSA) is 146 Å². The summed E-state index contributed by atoms with van der Waals surface area (Å²) in [5.74, 6) is -0.136. The first-order chi connectivity index (χ1) is 26.8. The highest BCUT2D eigenvalue weighted by Gasteiger charge is 2.35. The molecule has 1 fully saturated rings. The van der Waals surface area contributed by atoms with E-state index >= 15 is 0 Å². The lowest BCUT2D eigenvalue weighted by Gasteiger charge is -2.42. The molecule has 3 N–H and O–H groups in total. The molecule has 7 rings (SSSR count). The first kappa shape index (κ1) is 39.0. The predicted molar refractivity (Wildman–Crippen MR) is 220 cm³/mol. The molecule has 0 spiro atoms. The van der Waals surface area contributed by atoms with E-state index < -0.39 is 10.0 Å². The number of nitrogens with zero attached hydrogens (tertiary/aromatic N) is 5. The van der Waals surface area contributed by atoms with Crippen LogP contribution in [0.2, 0.25) is 0 Å². The smallest absolute Gasteiger partial charge is 0.256 e. The number of hydrogen-bond acceptors (Lipinski definition) is 8. The van der Waals surface area contributed by atoms with Crippen molar-refractivity contribution in [1.82, 2.24) is 39.9 Å². The van der Waals surface area contributed by atoms with Crippen molar-refractivity contribution in [2.45, 2.75) is 89.9 Å². The van der Waals surface area contributed by atoms with Crippen molar-refractivity contribution in [1.29, 1.82) is 0 Å². The van der Waals surface area contributed by atoms with Gasteiger partial charge in [0.1, 0.15) is 17.0 Å². The minimum Gasteiger partial charge on any atom is -0.348 e. The Bertz CT molecular complexity index is 2420. The van der Waals surface area contributed by atoms with Gasteiger partial charge in [0.15, 0.2) is 0 Å². The van der Waals surface area contributed by atoms with E-state index in [2.05, 4.69) is 76.6 Å². The predicted octanol–water partition coefficient (Wildman–Crippen LogP) is 7.81. The molecule has 290 valence electrons. The lowest BCUT2D eigenvalue weighted by molar-refractivity contribution is 0.0788. The Hall–Kier alpha value is -5.30. The molecule has 1 aliphatic heterocycles. The number of rotatable bonds is 11. The summed E-state index contributed by atoms with van der Waals surface area (Å²) in [6, 6.07) is 23.3. The van der Waals surface area contributed by atoms with E-state index in [0.717, 1.165) is 58.5 Å². The highest BCUT2D eigenvalue weighted by molar-refractivity contribution is 7.89. The van der Waals surface area contributed by atoms with Gasteiger partial charge in [0.2, 0.25) is 0 Å². The summed E-state index contributed by atoms with van der Waals surface area (Å²) >= 11 is 0. The molecule has 0 saturated carbocycles. The maximum Gasteiger partial charge on any atom is 0.256 e. The Labute approximate surface area is 329 Å². The zero-order chi connectivity index (χ0) is 39.6. The molecule has 2 atom stereocenters. The number of amides is 1. The summed E-state index contributed by atoms with van der Waals surface area (Å²) in [5.41, 5.74) is 9.86. The van der Waals surface area contributed by atoms with Crippen molar-refractivity contribution in [3.63, 3.8) is 0 Å². The Morgan fingerprint density at radius 2 is 1.50 bits per heavy atom. The number of fused-ring (bicyclic) bond motifs is 1. The third-order valence-corrected chi connectivity index (χ3v) is 12.3. The number of carbonyl (C=O) groups excluding carboxylic acids is 1. The van der Waals surface area contributed by atoms with Gasteiger partial charge in [-0.25, -0.2) is 23.1 Å².